The van der Waals surface area contributed by atoms with Crippen LogP contribution in [0.4, 0.5) is 0 Å². The SMILES string of the molecule is CCCCCCCCCCOC1[C@H](OCCCCCCCCCC)O[C@H](COC(=O)CCN(C)C)[C@@H]1OCCCCCCCCCC. The van der Waals surface area contributed by atoms with E-state index in [9.17, 15) is 4.79 Å². The van der Waals surface area contributed by atoms with E-state index in [-0.39, 0.29) is 30.9 Å². The minimum absolute atomic E-state index is 0.170. The molecular formula is C40H79NO6. The zero-order valence-electron chi connectivity index (χ0n) is 31.9. The van der Waals surface area contributed by atoms with Gasteiger partial charge in [0.2, 0.25) is 0 Å². The third-order valence-electron chi connectivity index (χ3n) is 9.34. The minimum atomic E-state index is -0.498. The maximum absolute atomic E-state index is 12.5. The van der Waals surface area contributed by atoms with Gasteiger partial charge in [-0.15, -0.1) is 0 Å². The lowest BCUT2D eigenvalue weighted by Gasteiger charge is -2.25. The van der Waals surface area contributed by atoms with Crippen LogP contribution in [0.15, 0.2) is 0 Å². The van der Waals surface area contributed by atoms with E-state index in [1.165, 1.54) is 135 Å². The highest BCUT2D eigenvalue weighted by Crippen LogP contribution is 2.29. The van der Waals surface area contributed by atoms with Crippen molar-refractivity contribution in [2.24, 2.45) is 0 Å². The van der Waals surface area contributed by atoms with E-state index in [2.05, 4.69) is 20.8 Å². The van der Waals surface area contributed by atoms with Crippen LogP contribution in [0.5, 0.6) is 0 Å². The number of carbonyl (C=O) groups excluding carboxylic acids is 1. The molecule has 0 radical (unpaired) electrons. The molecule has 1 unspecified atom stereocenters. The molecule has 1 aliphatic heterocycles. The van der Waals surface area contributed by atoms with Gasteiger partial charge in [-0.1, -0.05) is 156 Å². The van der Waals surface area contributed by atoms with Gasteiger partial charge in [-0.3, -0.25) is 4.79 Å². The quantitative estimate of drug-likeness (QED) is 0.0491. The van der Waals surface area contributed by atoms with Crippen molar-refractivity contribution in [1.29, 1.82) is 0 Å². The van der Waals surface area contributed by atoms with Gasteiger partial charge in [-0.05, 0) is 33.4 Å². The summed E-state index contributed by atoms with van der Waals surface area (Å²) in [5.41, 5.74) is 0. The van der Waals surface area contributed by atoms with Crippen LogP contribution in [0.1, 0.15) is 181 Å². The first-order chi connectivity index (χ1) is 23.0. The second-order valence-electron chi connectivity index (χ2n) is 14.2. The van der Waals surface area contributed by atoms with Crippen LogP contribution in [-0.4, -0.2) is 82.5 Å². The normalized spacial score (nSPS) is 19.6. The van der Waals surface area contributed by atoms with Crippen LogP contribution in [0.3, 0.4) is 0 Å². The number of hydrogen-bond donors (Lipinski definition) is 0. The molecule has 47 heavy (non-hydrogen) atoms. The molecule has 0 aromatic heterocycles. The molecule has 0 spiro atoms. The van der Waals surface area contributed by atoms with Gasteiger partial charge >= 0.3 is 5.97 Å². The summed E-state index contributed by atoms with van der Waals surface area (Å²) in [6, 6.07) is 0. The van der Waals surface area contributed by atoms with Gasteiger partial charge in [0, 0.05) is 26.4 Å². The average molecular weight is 670 g/mol. The van der Waals surface area contributed by atoms with Crippen molar-refractivity contribution in [2.45, 2.75) is 206 Å². The Hall–Kier alpha value is -0.730. The third-order valence-corrected chi connectivity index (χ3v) is 9.34. The Kier molecular flexibility index (Phi) is 30.6. The molecule has 0 aromatic carbocycles. The second kappa shape index (κ2) is 32.5. The zero-order valence-corrected chi connectivity index (χ0v) is 31.9. The van der Waals surface area contributed by atoms with Crippen LogP contribution in [0.25, 0.3) is 0 Å². The third kappa shape index (κ3) is 25.0. The molecule has 0 bridgehead atoms. The molecule has 0 N–H and O–H groups in total. The van der Waals surface area contributed by atoms with Crippen LogP contribution in [0, 0.1) is 0 Å². The van der Waals surface area contributed by atoms with Gasteiger partial charge in [-0.25, -0.2) is 0 Å². The number of carbonyl (C=O) groups is 1. The Morgan fingerprint density at radius 2 is 0.915 bits per heavy atom. The Balaban J connectivity index is 2.71. The topological polar surface area (TPSA) is 66.5 Å². The first-order valence-electron chi connectivity index (χ1n) is 20.3. The Morgan fingerprint density at radius 3 is 1.34 bits per heavy atom. The number of esters is 1. The predicted molar refractivity (Wildman–Crippen MR) is 196 cm³/mol. The fourth-order valence-electron chi connectivity index (χ4n) is 6.25. The van der Waals surface area contributed by atoms with Gasteiger partial charge in [0.15, 0.2) is 6.29 Å². The molecule has 1 heterocycles. The van der Waals surface area contributed by atoms with Crippen molar-refractivity contribution in [1.82, 2.24) is 4.90 Å². The van der Waals surface area contributed by atoms with Gasteiger partial charge in [0.05, 0.1) is 6.42 Å². The molecule has 1 aliphatic rings. The zero-order chi connectivity index (χ0) is 34.2. The lowest BCUT2D eigenvalue weighted by Crippen LogP contribution is -2.40. The van der Waals surface area contributed by atoms with Crippen LogP contribution < -0.4 is 0 Å². The van der Waals surface area contributed by atoms with Gasteiger partial charge < -0.3 is 28.6 Å². The number of unbranched alkanes of at least 4 members (excludes halogenated alkanes) is 21. The molecule has 0 aliphatic carbocycles. The van der Waals surface area contributed by atoms with Crippen molar-refractivity contribution in [3.05, 3.63) is 0 Å². The van der Waals surface area contributed by atoms with Gasteiger partial charge in [0.25, 0.3) is 0 Å². The largest absolute Gasteiger partial charge is 0.463 e. The summed E-state index contributed by atoms with van der Waals surface area (Å²) in [7, 11) is 3.93. The molecule has 0 aromatic rings. The van der Waals surface area contributed by atoms with Crippen molar-refractivity contribution < 1.29 is 28.5 Å². The molecule has 1 fully saturated rings. The monoisotopic (exact) mass is 670 g/mol. The van der Waals surface area contributed by atoms with Crippen LogP contribution >= 0.6 is 0 Å². The van der Waals surface area contributed by atoms with Crippen molar-refractivity contribution >= 4 is 5.97 Å². The number of nitrogens with zero attached hydrogens (tertiary/aromatic N) is 1. The van der Waals surface area contributed by atoms with Gasteiger partial charge in [-0.2, -0.15) is 0 Å². The summed E-state index contributed by atoms with van der Waals surface area (Å²) in [5.74, 6) is -0.205. The highest BCUT2D eigenvalue weighted by atomic mass is 16.7. The molecule has 4 atom stereocenters. The first-order valence-corrected chi connectivity index (χ1v) is 20.3. The molecule has 280 valence electrons. The maximum atomic E-state index is 12.5. The Bertz CT molecular complexity index is 677. The average Bonchev–Trinajstić information content (AvgIpc) is 3.39. The summed E-state index contributed by atoms with van der Waals surface area (Å²) in [4.78, 5) is 14.5. The van der Waals surface area contributed by atoms with Gasteiger partial charge in [0.1, 0.15) is 24.9 Å². The smallest absolute Gasteiger partial charge is 0.307 e. The Labute approximate surface area is 291 Å². The lowest BCUT2D eigenvalue weighted by molar-refractivity contribution is -0.184. The van der Waals surface area contributed by atoms with E-state index in [1.807, 2.05) is 19.0 Å². The second-order valence-corrected chi connectivity index (χ2v) is 14.2. The van der Waals surface area contributed by atoms with E-state index in [4.69, 9.17) is 23.7 Å². The van der Waals surface area contributed by atoms with Crippen LogP contribution in [-0.2, 0) is 28.5 Å². The summed E-state index contributed by atoms with van der Waals surface area (Å²) >= 11 is 0. The van der Waals surface area contributed by atoms with E-state index in [1.54, 1.807) is 0 Å². The van der Waals surface area contributed by atoms with E-state index >= 15 is 0 Å². The molecular weight excluding hydrogens is 590 g/mol. The number of ether oxygens (including phenoxy) is 5. The summed E-state index contributed by atoms with van der Waals surface area (Å²) in [6.07, 6.45) is 29.1. The molecule has 0 saturated carbocycles. The number of rotatable bonds is 35. The van der Waals surface area contributed by atoms with Crippen molar-refractivity contribution in [3.8, 4) is 0 Å². The summed E-state index contributed by atoms with van der Waals surface area (Å²) < 4.78 is 31.6. The summed E-state index contributed by atoms with van der Waals surface area (Å²) in [6.45, 7) is 9.62. The molecule has 1 rings (SSSR count). The van der Waals surface area contributed by atoms with Crippen molar-refractivity contribution in [3.63, 3.8) is 0 Å². The van der Waals surface area contributed by atoms with E-state index in [0.29, 0.717) is 32.8 Å². The molecule has 0 amide bonds. The fraction of sp³-hybridized carbons (Fsp3) is 0.975. The Morgan fingerprint density at radius 1 is 0.532 bits per heavy atom. The highest BCUT2D eigenvalue weighted by Gasteiger charge is 2.47. The highest BCUT2D eigenvalue weighted by molar-refractivity contribution is 5.69. The first kappa shape index (κ1) is 44.3. The molecule has 7 nitrogen and oxygen atoms in total. The lowest BCUT2D eigenvalue weighted by atomic mass is 10.1. The summed E-state index contributed by atoms with van der Waals surface area (Å²) in [5, 5.41) is 0. The van der Waals surface area contributed by atoms with Crippen LogP contribution in [0.2, 0.25) is 0 Å². The van der Waals surface area contributed by atoms with E-state index in [0.717, 1.165) is 19.3 Å². The predicted octanol–water partition coefficient (Wildman–Crippen LogP) is 10.4. The molecule has 7 heteroatoms. The molecule has 1 saturated heterocycles. The van der Waals surface area contributed by atoms with Crippen molar-refractivity contribution in [2.75, 3.05) is 47.1 Å². The maximum Gasteiger partial charge on any atom is 0.307 e. The standard InChI is InChI=1S/C40H79NO6/c1-6-9-12-15-18-21-24-27-32-43-38-36(35-46-37(42)30-31-41(4)5)47-40(45-34-29-26-23-20-17-14-11-8-3)39(38)44-33-28-25-22-19-16-13-10-7-2/h36,38-40H,6-35H2,1-5H3/t36-,38+,39?,40-/m1/s1. The fourth-order valence-corrected chi connectivity index (χ4v) is 6.25. The van der Waals surface area contributed by atoms with E-state index < -0.39 is 6.29 Å². The number of hydrogen-bond acceptors (Lipinski definition) is 7. The minimum Gasteiger partial charge on any atom is -0.463 e.